The fourth-order valence-corrected chi connectivity index (χ4v) is 6.19. The van der Waals surface area contributed by atoms with Gasteiger partial charge in [0, 0.05) is 10.6 Å². The fourth-order valence-electron chi connectivity index (χ4n) is 3.97. The number of hydrogen-bond donors (Lipinski definition) is 0. The van der Waals surface area contributed by atoms with E-state index in [1.165, 1.54) is 16.9 Å². The number of benzene rings is 1. The Morgan fingerprint density at radius 1 is 1.17 bits per heavy atom. The van der Waals surface area contributed by atoms with Crippen molar-refractivity contribution in [1.82, 2.24) is 19.2 Å². The van der Waals surface area contributed by atoms with Crippen LogP contribution in [0.2, 0.25) is 0 Å². The molecule has 0 unspecified atom stereocenters. The predicted octanol–water partition coefficient (Wildman–Crippen LogP) is 4.48. The van der Waals surface area contributed by atoms with Gasteiger partial charge in [0.15, 0.2) is 5.16 Å². The summed E-state index contributed by atoms with van der Waals surface area (Å²) in [6.07, 6.45) is 5.41. The van der Waals surface area contributed by atoms with Gasteiger partial charge in [0.2, 0.25) is 5.78 Å². The Balaban J connectivity index is 1.86. The number of thioether (sulfide) groups is 1. The van der Waals surface area contributed by atoms with E-state index in [2.05, 4.69) is 21.5 Å². The van der Waals surface area contributed by atoms with Gasteiger partial charge in [-0.05, 0) is 61.9 Å². The summed E-state index contributed by atoms with van der Waals surface area (Å²) in [6, 6.07) is 7.54. The zero-order valence-corrected chi connectivity index (χ0v) is 18.1. The maximum absolute atomic E-state index is 13.7. The minimum absolute atomic E-state index is 0.00323. The molecule has 0 saturated carbocycles. The van der Waals surface area contributed by atoms with Crippen molar-refractivity contribution in [3.05, 3.63) is 45.1 Å². The van der Waals surface area contributed by atoms with Crippen molar-refractivity contribution in [2.45, 2.75) is 44.2 Å². The molecule has 0 N–H and O–H groups in total. The number of thiophene rings is 1. The molecule has 0 amide bonds. The second-order valence-electron chi connectivity index (χ2n) is 7.20. The minimum atomic E-state index is -0.00323. The SMILES string of the molecule is CCCSc1nnc2n(-c3ccc(OC)cc3)c(=O)c3c4c(sc3n12)CCCC4. The first-order valence-corrected chi connectivity index (χ1v) is 11.7. The number of methoxy groups -OCH3 is 1. The summed E-state index contributed by atoms with van der Waals surface area (Å²) < 4.78 is 9.07. The van der Waals surface area contributed by atoms with Crippen LogP contribution >= 0.6 is 23.1 Å². The highest BCUT2D eigenvalue weighted by atomic mass is 32.2. The Morgan fingerprint density at radius 3 is 2.72 bits per heavy atom. The summed E-state index contributed by atoms with van der Waals surface area (Å²) in [5, 5.41) is 10.6. The third-order valence-electron chi connectivity index (χ3n) is 5.35. The van der Waals surface area contributed by atoms with E-state index in [9.17, 15) is 4.79 Å². The van der Waals surface area contributed by atoms with Gasteiger partial charge in [0.25, 0.3) is 5.56 Å². The van der Waals surface area contributed by atoms with Gasteiger partial charge in [-0.25, -0.2) is 8.97 Å². The van der Waals surface area contributed by atoms with Crippen LogP contribution in [0, 0.1) is 0 Å². The number of ether oxygens (including phenoxy) is 1. The van der Waals surface area contributed by atoms with E-state index in [0.29, 0.717) is 5.78 Å². The van der Waals surface area contributed by atoms with Crippen LogP contribution in [0.1, 0.15) is 36.6 Å². The van der Waals surface area contributed by atoms with Crippen LogP contribution in [0.4, 0.5) is 0 Å². The molecule has 3 aromatic heterocycles. The van der Waals surface area contributed by atoms with Crippen LogP contribution in [0.5, 0.6) is 5.75 Å². The quantitative estimate of drug-likeness (QED) is 0.440. The molecule has 0 radical (unpaired) electrons. The summed E-state index contributed by atoms with van der Waals surface area (Å²) in [5.41, 5.74) is 2.00. The normalized spacial score (nSPS) is 13.9. The molecule has 1 aliphatic rings. The predicted molar refractivity (Wildman–Crippen MR) is 118 cm³/mol. The Bertz CT molecular complexity index is 1250. The number of fused-ring (bicyclic) bond motifs is 5. The first-order chi connectivity index (χ1) is 14.2. The average molecular weight is 427 g/mol. The van der Waals surface area contributed by atoms with Crippen molar-refractivity contribution in [2.75, 3.05) is 12.9 Å². The molecule has 150 valence electrons. The second-order valence-corrected chi connectivity index (χ2v) is 9.34. The molecule has 0 bridgehead atoms. The van der Waals surface area contributed by atoms with Gasteiger partial charge in [0.05, 0.1) is 18.2 Å². The Labute approximate surface area is 176 Å². The average Bonchev–Trinajstić information content (AvgIpc) is 3.34. The first kappa shape index (κ1) is 18.7. The maximum atomic E-state index is 13.7. The summed E-state index contributed by atoms with van der Waals surface area (Å²) >= 11 is 3.44. The topological polar surface area (TPSA) is 61.4 Å². The van der Waals surface area contributed by atoms with Crippen molar-refractivity contribution in [1.29, 1.82) is 0 Å². The third-order valence-corrected chi connectivity index (χ3v) is 7.77. The second kappa shape index (κ2) is 7.50. The van der Waals surface area contributed by atoms with Crippen molar-refractivity contribution in [3.63, 3.8) is 0 Å². The molecular weight excluding hydrogens is 404 g/mol. The highest BCUT2D eigenvalue weighted by Crippen LogP contribution is 2.36. The van der Waals surface area contributed by atoms with E-state index in [1.807, 2.05) is 24.3 Å². The van der Waals surface area contributed by atoms with Gasteiger partial charge < -0.3 is 4.74 Å². The molecule has 1 aromatic carbocycles. The molecule has 0 aliphatic heterocycles. The van der Waals surface area contributed by atoms with Crippen LogP contribution < -0.4 is 10.3 Å². The zero-order chi connectivity index (χ0) is 20.0. The van der Waals surface area contributed by atoms with Gasteiger partial charge in [-0.15, -0.1) is 21.5 Å². The van der Waals surface area contributed by atoms with Gasteiger partial charge >= 0.3 is 0 Å². The molecule has 6 nitrogen and oxygen atoms in total. The maximum Gasteiger partial charge on any atom is 0.268 e. The highest BCUT2D eigenvalue weighted by Gasteiger charge is 2.25. The van der Waals surface area contributed by atoms with Gasteiger partial charge in [-0.3, -0.25) is 4.79 Å². The van der Waals surface area contributed by atoms with Crippen LogP contribution in [0.15, 0.2) is 34.2 Å². The number of aryl methyl sites for hydroxylation is 2. The molecule has 4 aromatic rings. The van der Waals surface area contributed by atoms with Crippen molar-refractivity contribution < 1.29 is 4.74 Å². The van der Waals surface area contributed by atoms with E-state index < -0.39 is 0 Å². The first-order valence-electron chi connectivity index (χ1n) is 9.94. The largest absolute Gasteiger partial charge is 0.497 e. The minimum Gasteiger partial charge on any atom is -0.497 e. The molecule has 0 fully saturated rings. The Kier molecular flexibility index (Phi) is 4.83. The Hall–Kier alpha value is -2.32. The van der Waals surface area contributed by atoms with E-state index in [0.717, 1.165) is 58.2 Å². The third kappa shape index (κ3) is 2.97. The number of nitrogens with zero attached hydrogens (tertiary/aromatic N) is 4. The summed E-state index contributed by atoms with van der Waals surface area (Å²) in [5.74, 6) is 2.30. The summed E-state index contributed by atoms with van der Waals surface area (Å²) in [7, 11) is 1.64. The molecule has 0 atom stereocenters. The van der Waals surface area contributed by atoms with E-state index >= 15 is 0 Å². The van der Waals surface area contributed by atoms with E-state index in [4.69, 9.17) is 4.74 Å². The molecular formula is C21H22N4O2S2. The molecule has 1 aliphatic carbocycles. The number of rotatable bonds is 5. The lowest BCUT2D eigenvalue weighted by Gasteiger charge is -2.12. The standard InChI is InChI=1S/C21H22N4O2S2/c1-3-12-28-21-23-22-20-24(13-8-10-14(27-2)11-9-13)18(26)17-15-6-4-5-7-16(15)29-19(17)25(20)21/h8-11H,3-7,12H2,1-2H3. The van der Waals surface area contributed by atoms with Crippen LogP contribution in [0.3, 0.4) is 0 Å². The number of aromatic nitrogens is 4. The van der Waals surface area contributed by atoms with E-state index in [-0.39, 0.29) is 5.56 Å². The lowest BCUT2D eigenvalue weighted by atomic mass is 9.97. The van der Waals surface area contributed by atoms with E-state index in [1.54, 1.807) is 34.8 Å². The van der Waals surface area contributed by atoms with Crippen LogP contribution in [-0.2, 0) is 12.8 Å². The van der Waals surface area contributed by atoms with Gasteiger partial charge in [-0.1, -0.05) is 18.7 Å². The fraction of sp³-hybridized carbons (Fsp3) is 0.381. The lowest BCUT2D eigenvalue weighted by Crippen LogP contribution is -2.22. The van der Waals surface area contributed by atoms with Crippen molar-refractivity contribution >= 4 is 39.1 Å². The monoisotopic (exact) mass is 426 g/mol. The van der Waals surface area contributed by atoms with Crippen molar-refractivity contribution in [2.24, 2.45) is 0 Å². The molecule has 29 heavy (non-hydrogen) atoms. The zero-order valence-electron chi connectivity index (χ0n) is 16.5. The molecule has 5 rings (SSSR count). The smallest absolute Gasteiger partial charge is 0.268 e. The van der Waals surface area contributed by atoms with Gasteiger partial charge in [0.1, 0.15) is 10.6 Å². The highest BCUT2D eigenvalue weighted by molar-refractivity contribution is 7.99. The molecule has 0 spiro atoms. The summed E-state index contributed by atoms with van der Waals surface area (Å²) in [4.78, 5) is 16.0. The van der Waals surface area contributed by atoms with Crippen LogP contribution in [-0.4, -0.2) is 32.0 Å². The van der Waals surface area contributed by atoms with Gasteiger partial charge in [-0.2, -0.15) is 0 Å². The van der Waals surface area contributed by atoms with Crippen LogP contribution in [0.25, 0.3) is 21.7 Å². The molecule has 3 heterocycles. The Morgan fingerprint density at radius 2 is 1.97 bits per heavy atom. The lowest BCUT2D eigenvalue weighted by molar-refractivity contribution is 0.414. The molecule has 8 heteroatoms. The number of hydrogen-bond acceptors (Lipinski definition) is 6. The van der Waals surface area contributed by atoms with Crippen molar-refractivity contribution in [3.8, 4) is 11.4 Å². The molecule has 0 saturated heterocycles. The summed E-state index contributed by atoms with van der Waals surface area (Å²) in [6.45, 7) is 2.16.